The fourth-order valence-electron chi connectivity index (χ4n) is 2.70. The van der Waals surface area contributed by atoms with Crippen molar-refractivity contribution in [2.24, 2.45) is 7.05 Å². The standard InChI is InChI=1S/C16H21N5O3S/c1-10-11(6-8-24-10)12-18-19-15(20(12)4)25-9-5-7-21-13(22)16(2,3)17-14(21)23/h6,8H,5,7,9H2,1-4H3,(H,17,23). The number of amides is 3. The van der Waals surface area contributed by atoms with Crippen molar-refractivity contribution in [3.63, 3.8) is 0 Å². The van der Waals surface area contributed by atoms with Crippen LogP contribution >= 0.6 is 11.8 Å². The molecule has 0 bridgehead atoms. The highest BCUT2D eigenvalue weighted by Crippen LogP contribution is 2.26. The molecule has 3 heterocycles. The van der Waals surface area contributed by atoms with Crippen molar-refractivity contribution >= 4 is 23.7 Å². The molecule has 0 atom stereocenters. The summed E-state index contributed by atoms with van der Waals surface area (Å²) in [5, 5.41) is 11.9. The molecule has 0 saturated carbocycles. The molecule has 25 heavy (non-hydrogen) atoms. The molecular formula is C16H21N5O3S. The highest BCUT2D eigenvalue weighted by Gasteiger charge is 2.43. The number of hydrogen-bond donors (Lipinski definition) is 1. The van der Waals surface area contributed by atoms with Crippen LogP contribution in [0, 0.1) is 6.92 Å². The predicted octanol–water partition coefficient (Wildman–Crippen LogP) is 2.20. The number of urea groups is 1. The van der Waals surface area contributed by atoms with Gasteiger partial charge in [0, 0.05) is 19.3 Å². The van der Waals surface area contributed by atoms with Crippen LogP contribution in [-0.4, -0.2) is 49.4 Å². The van der Waals surface area contributed by atoms with E-state index in [1.165, 1.54) is 4.90 Å². The minimum Gasteiger partial charge on any atom is -0.469 e. The number of hydrogen-bond acceptors (Lipinski definition) is 6. The number of carbonyl (C=O) groups excluding carboxylic acids is 2. The molecule has 134 valence electrons. The lowest BCUT2D eigenvalue weighted by molar-refractivity contribution is -0.130. The summed E-state index contributed by atoms with van der Waals surface area (Å²) in [6.07, 6.45) is 2.32. The van der Waals surface area contributed by atoms with E-state index < -0.39 is 5.54 Å². The summed E-state index contributed by atoms with van der Waals surface area (Å²) in [6, 6.07) is 1.55. The number of rotatable bonds is 6. The fraction of sp³-hybridized carbons (Fsp3) is 0.500. The number of nitrogens with zero attached hydrogens (tertiary/aromatic N) is 4. The van der Waals surface area contributed by atoms with E-state index in [-0.39, 0.29) is 11.9 Å². The Morgan fingerprint density at radius 1 is 1.32 bits per heavy atom. The molecule has 0 aromatic carbocycles. The van der Waals surface area contributed by atoms with Gasteiger partial charge in [0.05, 0.1) is 11.8 Å². The average molecular weight is 363 g/mol. The zero-order valence-electron chi connectivity index (χ0n) is 14.7. The Labute approximate surface area is 150 Å². The van der Waals surface area contributed by atoms with E-state index in [0.29, 0.717) is 13.0 Å². The van der Waals surface area contributed by atoms with Gasteiger partial charge >= 0.3 is 6.03 Å². The lowest BCUT2D eigenvalue weighted by Crippen LogP contribution is -2.40. The molecule has 1 aliphatic heterocycles. The molecule has 0 unspecified atom stereocenters. The molecule has 1 saturated heterocycles. The number of imide groups is 1. The van der Waals surface area contributed by atoms with Gasteiger partial charge in [0.15, 0.2) is 11.0 Å². The maximum atomic E-state index is 12.1. The molecule has 2 aromatic heterocycles. The third-order valence-electron chi connectivity index (χ3n) is 4.14. The molecule has 2 aromatic rings. The summed E-state index contributed by atoms with van der Waals surface area (Å²) in [5.41, 5.74) is 0.106. The summed E-state index contributed by atoms with van der Waals surface area (Å²) in [7, 11) is 1.91. The topological polar surface area (TPSA) is 93.3 Å². The van der Waals surface area contributed by atoms with Gasteiger partial charge in [-0.05, 0) is 33.3 Å². The molecule has 3 amide bonds. The lowest BCUT2D eigenvalue weighted by atomic mass is 10.1. The van der Waals surface area contributed by atoms with Crippen LogP contribution in [0.5, 0.6) is 0 Å². The second-order valence-electron chi connectivity index (χ2n) is 6.47. The molecule has 0 spiro atoms. The SMILES string of the molecule is Cc1occc1-c1nnc(SCCCN2C(=O)NC(C)(C)C2=O)n1C. The van der Waals surface area contributed by atoms with Crippen molar-refractivity contribution in [3.8, 4) is 11.4 Å². The number of aromatic nitrogens is 3. The minimum absolute atomic E-state index is 0.182. The van der Waals surface area contributed by atoms with Crippen molar-refractivity contribution in [2.45, 2.75) is 37.9 Å². The minimum atomic E-state index is -0.814. The van der Waals surface area contributed by atoms with Crippen LogP contribution in [0.3, 0.4) is 0 Å². The van der Waals surface area contributed by atoms with Crippen LogP contribution in [0.2, 0.25) is 0 Å². The van der Waals surface area contributed by atoms with E-state index in [4.69, 9.17) is 4.42 Å². The highest BCUT2D eigenvalue weighted by atomic mass is 32.2. The Balaban J connectivity index is 1.55. The Bertz CT molecular complexity index is 811. The van der Waals surface area contributed by atoms with Crippen LogP contribution in [-0.2, 0) is 11.8 Å². The number of carbonyl (C=O) groups is 2. The summed E-state index contributed by atoms with van der Waals surface area (Å²) in [4.78, 5) is 25.2. The molecule has 3 rings (SSSR count). The Morgan fingerprint density at radius 2 is 2.08 bits per heavy atom. The van der Waals surface area contributed by atoms with Gasteiger partial charge in [-0.1, -0.05) is 11.8 Å². The summed E-state index contributed by atoms with van der Waals surface area (Å²) >= 11 is 1.55. The van der Waals surface area contributed by atoms with Crippen LogP contribution < -0.4 is 5.32 Å². The molecule has 9 heteroatoms. The first-order chi connectivity index (χ1) is 11.8. The summed E-state index contributed by atoms with van der Waals surface area (Å²) in [5.74, 6) is 2.10. The zero-order valence-corrected chi connectivity index (χ0v) is 15.5. The monoisotopic (exact) mass is 363 g/mol. The second kappa shape index (κ2) is 6.55. The quantitative estimate of drug-likeness (QED) is 0.480. The molecule has 1 N–H and O–H groups in total. The number of furan rings is 1. The third-order valence-corrected chi connectivity index (χ3v) is 5.24. The molecule has 1 fully saturated rings. The first-order valence-electron chi connectivity index (χ1n) is 8.02. The maximum absolute atomic E-state index is 12.1. The smallest absolute Gasteiger partial charge is 0.325 e. The van der Waals surface area contributed by atoms with Crippen molar-refractivity contribution < 1.29 is 14.0 Å². The van der Waals surface area contributed by atoms with E-state index in [0.717, 1.165) is 28.1 Å². The second-order valence-corrected chi connectivity index (χ2v) is 7.53. The van der Waals surface area contributed by atoms with Crippen LogP contribution in [0.25, 0.3) is 11.4 Å². The van der Waals surface area contributed by atoms with Gasteiger partial charge in [0.1, 0.15) is 11.3 Å². The van der Waals surface area contributed by atoms with Crippen LogP contribution in [0.4, 0.5) is 4.79 Å². The van der Waals surface area contributed by atoms with Crippen molar-refractivity contribution in [2.75, 3.05) is 12.3 Å². The Kier molecular flexibility index (Phi) is 4.59. The third kappa shape index (κ3) is 3.28. The van der Waals surface area contributed by atoms with E-state index >= 15 is 0 Å². The van der Waals surface area contributed by atoms with E-state index in [2.05, 4.69) is 15.5 Å². The molecule has 0 aliphatic carbocycles. The van der Waals surface area contributed by atoms with Crippen molar-refractivity contribution in [1.29, 1.82) is 0 Å². The Morgan fingerprint density at radius 3 is 2.68 bits per heavy atom. The first kappa shape index (κ1) is 17.5. The zero-order chi connectivity index (χ0) is 18.2. The molecular weight excluding hydrogens is 342 g/mol. The van der Waals surface area contributed by atoms with Gasteiger partial charge in [-0.25, -0.2) is 4.79 Å². The number of thioether (sulfide) groups is 1. The van der Waals surface area contributed by atoms with Crippen LogP contribution in [0.1, 0.15) is 26.0 Å². The van der Waals surface area contributed by atoms with E-state index in [9.17, 15) is 9.59 Å². The predicted molar refractivity (Wildman–Crippen MR) is 93.1 cm³/mol. The van der Waals surface area contributed by atoms with Gasteiger partial charge < -0.3 is 14.3 Å². The molecule has 8 nitrogen and oxygen atoms in total. The maximum Gasteiger partial charge on any atom is 0.325 e. The van der Waals surface area contributed by atoms with Gasteiger partial charge in [-0.15, -0.1) is 10.2 Å². The normalized spacial score (nSPS) is 16.6. The number of nitrogens with one attached hydrogen (secondary N) is 1. The summed E-state index contributed by atoms with van der Waals surface area (Å²) in [6.45, 7) is 5.70. The Hall–Kier alpha value is -2.29. The molecule has 1 aliphatic rings. The van der Waals surface area contributed by atoms with Crippen LogP contribution in [0.15, 0.2) is 21.9 Å². The van der Waals surface area contributed by atoms with E-state index in [1.54, 1.807) is 31.9 Å². The van der Waals surface area contributed by atoms with Crippen molar-refractivity contribution in [3.05, 3.63) is 18.1 Å². The van der Waals surface area contributed by atoms with Gasteiger partial charge in [0.25, 0.3) is 5.91 Å². The molecule has 0 radical (unpaired) electrons. The lowest BCUT2D eigenvalue weighted by Gasteiger charge is -2.15. The van der Waals surface area contributed by atoms with Gasteiger partial charge in [-0.2, -0.15) is 0 Å². The van der Waals surface area contributed by atoms with Gasteiger partial charge in [0.2, 0.25) is 0 Å². The van der Waals surface area contributed by atoms with Gasteiger partial charge in [-0.3, -0.25) is 9.69 Å². The van der Waals surface area contributed by atoms with Crippen molar-refractivity contribution in [1.82, 2.24) is 25.0 Å². The highest BCUT2D eigenvalue weighted by molar-refractivity contribution is 7.99. The average Bonchev–Trinajstić information content (AvgIpc) is 3.16. The summed E-state index contributed by atoms with van der Waals surface area (Å²) < 4.78 is 7.23. The van der Waals surface area contributed by atoms with E-state index in [1.807, 2.05) is 24.6 Å². The number of aryl methyl sites for hydroxylation is 1. The first-order valence-corrected chi connectivity index (χ1v) is 9.00. The fourth-order valence-corrected chi connectivity index (χ4v) is 3.53. The largest absolute Gasteiger partial charge is 0.469 e.